The van der Waals surface area contributed by atoms with Crippen molar-refractivity contribution in [3.8, 4) is 0 Å². The number of nitrogens with one attached hydrogen (secondary N) is 1. The highest BCUT2D eigenvalue weighted by Crippen LogP contribution is 2.42. The standard InChI is InChI=1S/C14H12N2OS/c17-14-13-9-6-8-18-12(9)5-7-16(13)11-4-2-1-3-10(11)15-14/h1-4,6,8,13H,5,7H2,(H,15,17). The van der Waals surface area contributed by atoms with Crippen LogP contribution in [0, 0.1) is 0 Å². The van der Waals surface area contributed by atoms with Gasteiger partial charge in [0.15, 0.2) is 0 Å². The lowest BCUT2D eigenvalue weighted by Gasteiger charge is -2.41. The monoisotopic (exact) mass is 256 g/mol. The van der Waals surface area contributed by atoms with Crippen molar-refractivity contribution in [3.63, 3.8) is 0 Å². The van der Waals surface area contributed by atoms with E-state index in [4.69, 9.17) is 0 Å². The van der Waals surface area contributed by atoms with Crippen molar-refractivity contribution in [1.82, 2.24) is 0 Å². The smallest absolute Gasteiger partial charge is 0.251 e. The molecular weight excluding hydrogens is 244 g/mol. The van der Waals surface area contributed by atoms with Gasteiger partial charge in [-0.25, -0.2) is 0 Å². The maximum atomic E-state index is 12.3. The summed E-state index contributed by atoms with van der Waals surface area (Å²) < 4.78 is 0. The van der Waals surface area contributed by atoms with Crippen molar-refractivity contribution >= 4 is 28.6 Å². The molecule has 0 fully saturated rings. The quantitative estimate of drug-likeness (QED) is 0.786. The van der Waals surface area contributed by atoms with Gasteiger partial charge in [-0.3, -0.25) is 4.79 Å². The topological polar surface area (TPSA) is 32.3 Å². The molecule has 1 aromatic carbocycles. The van der Waals surface area contributed by atoms with E-state index in [9.17, 15) is 4.79 Å². The average Bonchev–Trinajstić information content (AvgIpc) is 2.86. The van der Waals surface area contributed by atoms with Gasteiger partial charge in [0.05, 0.1) is 11.4 Å². The Bertz CT molecular complexity index is 634. The van der Waals surface area contributed by atoms with E-state index in [1.807, 2.05) is 18.2 Å². The number of para-hydroxylation sites is 2. The SMILES string of the molecule is O=C1Nc2ccccc2N2CCc3sccc3C12. The number of amides is 1. The van der Waals surface area contributed by atoms with E-state index in [-0.39, 0.29) is 11.9 Å². The lowest BCUT2D eigenvalue weighted by atomic mass is 9.96. The van der Waals surface area contributed by atoms with Crippen molar-refractivity contribution < 1.29 is 4.79 Å². The summed E-state index contributed by atoms with van der Waals surface area (Å²) in [7, 11) is 0. The van der Waals surface area contributed by atoms with Crippen LogP contribution in [0.15, 0.2) is 35.7 Å². The van der Waals surface area contributed by atoms with Crippen LogP contribution in [-0.2, 0) is 11.2 Å². The first kappa shape index (κ1) is 10.1. The molecule has 1 atom stereocenters. The number of hydrogen-bond donors (Lipinski definition) is 1. The summed E-state index contributed by atoms with van der Waals surface area (Å²) in [5, 5.41) is 5.10. The fourth-order valence-electron chi connectivity index (χ4n) is 2.89. The van der Waals surface area contributed by atoms with Crippen molar-refractivity contribution in [2.24, 2.45) is 0 Å². The van der Waals surface area contributed by atoms with Gasteiger partial charge in [0.25, 0.3) is 5.91 Å². The number of rotatable bonds is 0. The summed E-state index contributed by atoms with van der Waals surface area (Å²) in [6.07, 6.45) is 1.03. The Balaban J connectivity index is 1.89. The zero-order valence-electron chi connectivity index (χ0n) is 9.72. The summed E-state index contributed by atoms with van der Waals surface area (Å²) in [6.45, 7) is 0.919. The van der Waals surface area contributed by atoms with Gasteiger partial charge in [-0.2, -0.15) is 0 Å². The number of carbonyl (C=O) groups excluding carboxylic acids is 1. The van der Waals surface area contributed by atoms with Gasteiger partial charge in [0.2, 0.25) is 0 Å². The van der Waals surface area contributed by atoms with Crippen molar-refractivity contribution in [1.29, 1.82) is 0 Å². The third-order valence-electron chi connectivity index (χ3n) is 3.69. The van der Waals surface area contributed by atoms with Crippen molar-refractivity contribution in [2.45, 2.75) is 12.5 Å². The second-order valence-electron chi connectivity index (χ2n) is 4.65. The maximum absolute atomic E-state index is 12.3. The molecule has 1 aromatic heterocycles. The van der Waals surface area contributed by atoms with E-state index < -0.39 is 0 Å². The van der Waals surface area contributed by atoms with Crippen LogP contribution < -0.4 is 10.2 Å². The van der Waals surface area contributed by atoms with Crippen LogP contribution in [0.4, 0.5) is 11.4 Å². The first-order valence-corrected chi connectivity index (χ1v) is 6.95. The molecule has 1 N–H and O–H groups in total. The van der Waals surface area contributed by atoms with E-state index in [0.29, 0.717) is 0 Å². The number of anilines is 2. The summed E-state index contributed by atoms with van der Waals surface area (Å²) >= 11 is 1.76. The number of hydrogen-bond acceptors (Lipinski definition) is 3. The predicted octanol–water partition coefficient (Wildman–Crippen LogP) is 2.80. The maximum Gasteiger partial charge on any atom is 0.251 e. The lowest BCUT2D eigenvalue weighted by molar-refractivity contribution is -0.117. The van der Waals surface area contributed by atoms with Gasteiger partial charge in [0.1, 0.15) is 6.04 Å². The minimum Gasteiger partial charge on any atom is -0.354 e. The number of benzene rings is 1. The summed E-state index contributed by atoms with van der Waals surface area (Å²) in [5.74, 6) is 0.0908. The Hall–Kier alpha value is -1.81. The van der Waals surface area contributed by atoms with Gasteiger partial charge in [-0.05, 0) is 35.6 Å². The molecule has 0 aliphatic carbocycles. The first-order valence-electron chi connectivity index (χ1n) is 6.07. The molecule has 1 unspecified atom stereocenters. The Labute approximate surface area is 109 Å². The highest BCUT2D eigenvalue weighted by Gasteiger charge is 2.38. The molecule has 2 aromatic rings. The zero-order chi connectivity index (χ0) is 12.1. The van der Waals surface area contributed by atoms with Gasteiger partial charge in [0, 0.05) is 11.4 Å². The minimum absolute atomic E-state index is 0.0908. The molecule has 0 saturated carbocycles. The van der Waals surface area contributed by atoms with Crippen LogP contribution in [0.3, 0.4) is 0 Å². The average molecular weight is 256 g/mol. The molecule has 4 rings (SSSR count). The normalized spacial score (nSPS) is 20.8. The highest BCUT2D eigenvalue weighted by atomic mass is 32.1. The van der Waals surface area contributed by atoms with Crippen LogP contribution in [-0.4, -0.2) is 12.5 Å². The molecule has 2 aliphatic rings. The summed E-state index contributed by atoms with van der Waals surface area (Å²) in [5.41, 5.74) is 3.25. The molecule has 3 heterocycles. The molecule has 4 heteroatoms. The molecule has 0 saturated heterocycles. The number of nitrogens with zero attached hydrogens (tertiary/aromatic N) is 1. The second-order valence-corrected chi connectivity index (χ2v) is 5.65. The number of carbonyl (C=O) groups is 1. The molecule has 90 valence electrons. The van der Waals surface area contributed by atoms with Crippen molar-refractivity contribution in [3.05, 3.63) is 46.2 Å². The predicted molar refractivity (Wildman–Crippen MR) is 73.2 cm³/mol. The molecule has 3 nitrogen and oxygen atoms in total. The van der Waals surface area contributed by atoms with Gasteiger partial charge < -0.3 is 10.2 Å². The third kappa shape index (κ3) is 1.26. The van der Waals surface area contributed by atoms with E-state index >= 15 is 0 Å². The first-order chi connectivity index (χ1) is 8.84. The number of thiophene rings is 1. The van der Waals surface area contributed by atoms with Gasteiger partial charge >= 0.3 is 0 Å². The Morgan fingerprint density at radius 1 is 1.28 bits per heavy atom. The van der Waals surface area contributed by atoms with E-state index in [2.05, 4.69) is 27.7 Å². The lowest BCUT2D eigenvalue weighted by Crippen LogP contribution is -2.45. The molecule has 0 spiro atoms. The van der Waals surface area contributed by atoms with Crippen LogP contribution in [0.25, 0.3) is 0 Å². The fourth-order valence-corrected chi connectivity index (χ4v) is 3.79. The van der Waals surface area contributed by atoms with Crippen LogP contribution in [0.1, 0.15) is 16.5 Å². The zero-order valence-corrected chi connectivity index (χ0v) is 10.5. The van der Waals surface area contributed by atoms with E-state index in [1.54, 1.807) is 11.3 Å². The summed E-state index contributed by atoms with van der Waals surface area (Å²) in [6, 6.07) is 9.97. The Kier molecular flexibility index (Phi) is 2.02. The minimum atomic E-state index is -0.144. The van der Waals surface area contributed by atoms with Crippen LogP contribution in [0.5, 0.6) is 0 Å². The molecule has 0 bridgehead atoms. The van der Waals surface area contributed by atoms with Gasteiger partial charge in [-0.1, -0.05) is 12.1 Å². The fraction of sp³-hybridized carbons (Fsp3) is 0.214. The Morgan fingerprint density at radius 2 is 2.17 bits per heavy atom. The Morgan fingerprint density at radius 3 is 3.11 bits per heavy atom. The van der Waals surface area contributed by atoms with Crippen LogP contribution >= 0.6 is 11.3 Å². The van der Waals surface area contributed by atoms with E-state index in [1.165, 1.54) is 10.4 Å². The van der Waals surface area contributed by atoms with E-state index in [0.717, 1.165) is 24.3 Å². The molecule has 0 radical (unpaired) electrons. The highest BCUT2D eigenvalue weighted by molar-refractivity contribution is 7.10. The second kappa shape index (κ2) is 3.59. The third-order valence-corrected chi connectivity index (χ3v) is 4.68. The molecule has 18 heavy (non-hydrogen) atoms. The molecule has 2 aliphatic heterocycles. The molecule has 1 amide bonds. The van der Waals surface area contributed by atoms with Gasteiger partial charge in [-0.15, -0.1) is 11.3 Å². The largest absolute Gasteiger partial charge is 0.354 e. The van der Waals surface area contributed by atoms with Crippen molar-refractivity contribution in [2.75, 3.05) is 16.8 Å². The number of fused-ring (bicyclic) bond motifs is 5. The van der Waals surface area contributed by atoms with Crippen LogP contribution in [0.2, 0.25) is 0 Å². The molecular formula is C14H12N2OS. The summed E-state index contributed by atoms with van der Waals surface area (Å²) in [4.78, 5) is 15.9.